The van der Waals surface area contributed by atoms with Gasteiger partial charge in [-0.2, -0.15) is 28.2 Å². The lowest BCUT2D eigenvalue weighted by molar-refractivity contribution is -0.137. The van der Waals surface area contributed by atoms with Gasteiger partial charge in [0.1, 0.15) is 10.6 Å². The van der Waals surface area contributed by atoms with Crippen LogP contribution in [-0.2, 0) is 6.18 Å². The number of hydrogen-bond acceptors (Lipinski definition) is 6. The molecule has 0 aromatic carbocycles. The van der Waals surface area contributed by atoms with Crippen LogP contribution in [0.1, 0.15) is 12.0 Å². The van der Waals surface area contributed by atoms with E-state index in [1.807, 2.05) is 6.07 Å². The molecular formula is C15H11ClF3N5O2. The van der Waals surface area contributed by atoms with Crippen molar-refractivity contribution in [3.63, 3.8) is 0 Å². The van der Waals surface area contributed by atoms with Crippen LogP contribution in [0, 0.1) is 11.3 Å². The van der Waals surface area contributed by atoms with Gasteiger partial charge in [0.2, 0.25) is 0 Å². The summed E-state index contributed by atoms with van der Waals surface area (Å²) in [5.41, 5.74) is -2.61. The molecule has 11 heteroatoms. The van der Waals surface area contributed by atoms with Gasteiger partial charge in [0, 0.05) is 19.3 Å². The zero-order chi connectivity index (χ0) is 19.1. The summed E-state index contributed by atoms with van der Waals surface area (Å²) in [6.07, 6.45) is -2.73. The van der Waals surface area contributed by atoms with Crippen LogP contribution in [0.15, 0.2) is 29.3 Å². The van der Waals surface area contributed by atoms with E-state index in [4.69, 9.17) is 16.9 Å². The highest BCUT2D eigenvalue weighted by Crippen LogP contribution is 2.33. The maximum atomic E-state index is 12.6. The third kappa shape index (κ3) is 3.23. The molecular weight excluding hydrogens is 375 g/mol. The minimum Gasteiger partial charge on any atom is -0.385 e. The zero-order valence-electron chi connectivity index (χ0n) is 13.0. The maximum absolute atomic E-state index is 12.6. The number of aromatic nitrogens is 3. The molecule has 1 N–H and O–H groups in total. The van der Waals surface area contributed by atoms with Crippen LogP contribution in [0.25, 0.3) is 5.82 Å². The summed E-state index contributed by atoms with van der Waals surface area (Å²) < 4.78 is 38.5. The van der Waals surface area contributed by atoms with Crippen molar-refractivity contribution in [2.24, 2.45) is 0 Å². The smallest absolute Gasteiger partial charge is 0.385 e. The Morgan fingerprint density at radius 2 is 2.04 bits per heavy atom. The maximum Gasteiger partial charge on any atom is 0.417 e. The molecule has 0 saturated carbocycles. The molecule has 1 aliphatic heterocycles. The number of nitrogens with zero attached hydrogens (tertiary/aromatic N) is 5. The Balaban J connectivity index is 1.87. The highest BCUT2D eigenvalue weighted by molar-refractivity contribution is 6.33. The topological polar surface area (TPSA) is 95.0 Å². The van der Waals surface area contributed by atoms with E-state index in [9.17, 15) is 23.1 Å². The van der Waals surface area contributed by atoms with E-state index in [0.717, 1.165) is 16.8 Å². The predicted octanol–water partition coefficient (Wildman–Crippen LogP) is 1.76. The van der Waals surface area contributed by atoms with Crippen LogP contribution in [0.5, 0.6) is 0 Å². The molecule has 0 amide bonds. The fourth-order valence-electron chi connectivity index (χ4n) is 2.58. The number of nitriles is 1. The summed E-state index contributed by atoms with van der Waals surface area (Å²) in [7, 11) is 0. The lowest BCUT2D eigenvalue weighted by atomic mass is 9.91. The van der Waals surface area contributed by atoms with Gasteiger partial charge in [-0.1, -0.05) is 11.6 Å². The minimum absolute atomic E-state index is 0.0545. The second-order valence-corrected chi connectivity index (χ2v) is 6.26. The largest absolute Gasteiger partial charge is 0.417 e. The standard InChI is InChI=1S/C15H11ClF3N5O2/c16-12-10(23-7-14(26,8-23)3-4-20)6-22-24(13(12)25)11-2-1-9(5-21-11)15(17,18)19/h1-2,5-6,26H,3,7-8H2. The molecule has 1 fully saturated rings. The normalized spacial score (nSPS) is 16.1. The van der Waals surface area contributed by atoms with Crippen molar-refractivity contribution in [2.45, 2.75) is 18.2 Å². The van der Waals surface area contributed by atoms with Crippen molar-refractivity contribution in [2.75, 3.05) is 18.0 Å². The fraction of sp³-hybridized carbons (Fsp3) is 0.333. The SMILES string of the molecule is N#CCC1(O)CN(c2cnn(-c3ccc(C(F)(F)F)cn3)c(=O)c2Cl)C1. The van der Waals surface area contributed by atoms with Crippen LogP contribution in [-0.4, -0.2) is 38.6 Å². The van der Waals surface area contributed by atoms with Gasteiger partial charge in [0.05, 0.1) is 29.9 Å². The Morgan fingerprint density at radius 3 is 2.58 bits per heavy atom. The molecule has 0 radical (unpaired) electrons. The summed E-state index contributed by atoms with van der Waals surface area (Å²) in [6, 6.07) is 3.68. The first-order chi connectivity index (χ1) is 12.1. The molecule has 1 aliphatic rings. The number of alkyl halides is 3. The van der Waals surface area contributed by atoms with E-state index >= 15 is 0 Å². The van der Waals surface area contributed by atoms with Crippen molar-refractivity contribution < 1.29 is 18.3 Å². The Bertz CT molecular complexity index is 930. The number of aliphatic hydroxyl groups is 1. The first kappa shape index (κ1) is 18.2. The molecule has 0 atom stereocenters. The summed E-state index contributed by atoms with van der Waals surface area (Å²) in [4.78, 5) is 17.6. The van der Waals surface area contributed by atoms with Crippen LogP contribution < -0.4 is 10.5 Å². The molecule has 3 heterocycles. The molecule has 0 aliphatic carbocycles. The molecule has 136 valence electrons. The predicted molar refractivity (Wildman–Crippen MR) is 85.0 cm³/mol. The monoisotopic (exact) mass is 385 g/mol. The number of halogens is 4. The van der Waals surface area contributed by atoms with Gasteiger partial charge in [-0.3, -0.25) is 4.79 Å². The number of β-amino-alcohol motifs (C(OH)–C–C–N with tert-alkyl or cyclic N) is 1. The highest BCUT2D eigenvalue weighted by atomic mass is 35.5. The zero-order valence-corrected chi connectivity index (χ0v) is 13.8. The Hall–Kier alpha value is -2.64. The number of rotatable bonds is 3. The second-order valence-electron chi connectivity index (χ2n) is 5.88. The van der Waals surface area contributed by atoms with E-state index in [1.54, 1.807) is 4.90 Å². The Kier molecular flexibility index (Phi) is 4.37. The van der Waals surface area contributed by atoms with Crippen molar-refractivity contribution in [1.82, 2.24) is 14.8 Å². The third-order valence-electron chi connectivity index (χ3n) is 3.91. The van der Waals surface area contributed by atoms with Crippen LogP contribution >= 0.6 is 11.6 Å². The van der Waals surface area contributed by atoms with Gasteiger partial charge < -0.3 is 10.0 Å². The minimum atomic E-state index is -4.54. The van der Waals surface area contributed by atoms with Gasteiger partial charge in [0.25, 0.3) is 5.56 Å². The Morgan fingerprint density at radius 1 is 1.35 bits per heavy atom. The molecule has 2 aromatic rings. The van der Waals surface area contributed by atoms with Crippen LogP contribution in [0.4, 0.5) is 18.9 Å². The fourth-order valence-corrected chi connectivity index (χ4v) is 2.83. The summed E-state index contributed by atoms with van der Waals surface area (Å²) in [5.74, 6) is -0.110. The summed E-state index contributed by atoms with van der Waals surface area (Å²) in [6.45, 7) is 0.230. The number of anilines is 1. The van der Waals surface area contributed by atoms with E-state index in [2.05, 4.69) is 10.1 Å². The van der Waals surface area contributed by atoms with Crippen LogP contribution in [0.3, 0.4) is 0 Å². The first-order valence-corrected chi connectivity index (χ1v) is 7.68. The van der Waals surface area contributed by atoms with Crippen molar-refractivity contribution in [3.8, 4) is 11.9 Å². The molecule has 0 unspecified atom stereocenters. The molecule has 0 spiro atoms. The van der Waals surface area contributed by atoms with Crippen molar-refractivity contribution in [3.05, 3.63) is 45.5 Å². The molecule has 7 nitrogen and oxygen atoms in total. The molecule has 0 bridgehead atoms. The van der Waals surface area contributed by atoms with E-state index < -0.39 is 22.9 Å². The van der Waals surface area contributed by atoms with Gasteiger partial charge in [-0.05, 0) is 12.1 Å². The van der Waals surface area contributed by atoms with Crippen molar-refractivity contribution >= 4 is 17.3 Å². The van der Waals surface area contributed by atoms with Gasteiger partial charge in [-0.15, -0.1) is 0 Å². The van der Waals surface area contributed by atoms with Gasteiger partial charge in [0.15, 0.2) is 5.82 Å². The van der Waals surface area contributed by atoms with Gasteiger partial charge >= 0.3 is 6.18 Å². The molecule has 26 heavy (non-hydrogen) atoms. The van der Waals surface area contributed by atoms with E-state index in [-0.39, 0.29) is 36.0 Å². The third-order valence-corrected chi connectivity index (χ3v) is 4.27. The molecule has 1 saturated heterocycles. The van der Waals surface area contributed by atoms with Gasteiger partial charge in [-0.25, -0.2) is 4.98 Å². The average molecular weight is 386 g/mol. The van der Waals surface area contributed by atoms with E-state index in [1.165, 1.54) is 6.20 Å². The number of pyridine rings is 1. The Labute approximate surface area is 149 Å². The van der Waals surface area contributed by atoms with Crippen molar-refractivity contribution in [1.29, 1.82) is 5.26 Å². The quantitative estimate of drug-likeness (QED) is 0.865. The average Bonchev–Trinajstić information content (AvgIpc) is 2.55. The van der Waals surface area contributed by atoms with E-state index in [0.29, 0.717) is 6.20 Å². The molecule has 3 rings (SSSR count). The summed E-state index contributed by atoms with van der Waals surface area (Å²) in [5, 5.41) is 22.3. The lowest BCUT2D eigenvalue weighted by Gasteiger charge is -2.46. The highest BCUT2D eigenvalue weighted by Gasteiger charge is 2.42. The molecule has 2 aromatic heterocycles. The number of hydrogen-bond donors (Lipinski definition) is 1. The summed E-state index contributed by atoms with van der Waals surface area (Å²) >= 11 is 6.06. The first-order valence-electron chi connectivity index (χ1n) is 7.30. The second kappa shape index (κ2) is 6.26. The lowest BCUT2D eigenvalue weighted by Crippen LogP contribution is -2.62. The van der Waals surface area contributed by atoms with Crippen LogP contribution in [0.2, 0.25) is 5.02 Å².